The number of benzene rings is 1. The smallest absolute Gasteiger partial charge is 0.254 e. The van der Waals surface area contributed by atoms with Crippen molar-refractivity contribution in [2.24, 2.45) is 7.05 Å². The molecule has 26 heavy (non-hydrogen) atoms. The number of nitrogens with one attached hydrogen (secondary N) is 1. The Morgan fingerprint density at radius 1 is 1.35 bits per heavy atom. The van der Waals surface area contributed by atoms with Gasteiger partial charge < -0.3 is 15.0 Å². The van der Waals surface area contributed by atoms with E-state index in [2.05, 4.69) is 21.4 Å². The van der Waals surface area contributed by atoms with Crippen molar-refractivity contribution in [1.29, 1.82) is 0 Å². The first kappa shape index (κ1) is 16.8. The largest absolute Gasteiger partial charge is 0.497 e. The van der Waals surface area contributed by atoms with Crippen molar-refractivity contribution >= 4 is 32.6 Å². The molecule has 0 spiro atoms. The number of aromatic nitrogens is 3. The molecule has 0 atom stereocenters. The van der Waals surface area contributed by atoms with Gasteiger partial charge in [0.2, 0.25) is 0 Å². The molecule has 1 fully saturated rings. The van der Waals surface area contributed by atoms with Gasteiger partial charge in [-0.25, -0.2) is 4.98 Å². The number of hydrogen-bond donors (Lipinski definition) is 1. The van der Waals surface area contributed by atoms with Crippen molar-refractivity contribution in [3.63, 3.8) is 0 Å². The molecule has 1 N–H and O–H groups in total. The standard InChI is InChI=1S/C18H21N5O2S/c1-22-11-12(10-19-22)17(24)20-13-5-7-23(8-6-13)18-21-15-9-14(25-2)3-4-16(15)26-18/h3-4,9-11,13H,5-8H2,1-2H3,(H,20,24). The van der Waals surface area contributed by atoms with E-state index in [1.807, 2.05) is 19.2 Å². The molecule has 4 rings (SSSR count). The van der Waals surface area contributed by atoms with E-state index in [-0.39, 0.29) is 11.9 Å². The molecule has 136 valence electrons. The Bertz CT molecular complexity index is 927. The van der Waals surface area contributed by atoms with E-state index >= 15 is 0 Å². The number of amides is 1. The lowest BCUT2D eigenvalue weighted by Gasteiger charge is -2.32. The minimum absolute atomic E-state index is 0.0522. The minimum atomic E-state index is -0.0522. The normalized spacial score (nSPS) is 15.4. The summed E-state index contributed by atoms with van der Waals surface area (Å²) in [6.07, 6.45) is 5.15. The zero-order chi connectivity index (χ0) is 18.1. The van der Waals surface area contributed by atoms with E-state index in [0.717, 1.165) is 47.0 Å². The van der Waals surface area contributed by atoms with Crippen LogP contribution in [0.3, 0.4) is 0 Å². The predicted molar refractivity (Wildman–Crippen MR) is 102 cm³/mol. The first-order valence-corrected chi connectivity index (χ1v) is 9.43. The van der Waals surface area contributed by atoms with Gasteiger partial charge in [0.25, 0.3) is 5.91 Å². The van der Waals surface area contributed by atoms with Gasteiger partial charge in [-0.3, -0.25) is 9.48 Å². The van der Waals surface area contributed by atoms with Crippen LogP contribution < -0.4 is 15.0 Å². The summed E-state index contributed by atoms with van der Waals surface area (Å²) < 4.78 is 8.07. The highest BCUT2D eigenvalue weighted by Gasteiger charge is 2.23. The number of fused-ring (bicyclic) bond motifs is 1. The van der Waals surface area contributed by atoms with Crippen LogP contribution in [0.1, 0.15) is 23.2 Å². The number of anilines is 1. The first-order valence-electron chi connectivity index (χ1n) is 8.61. The molecule has 8 heteroatoms. The number of carbonyl (C=O) groups is 1. The van der Waals surface area contributed by atoms with Gasteiger partial charge in [0.15, 0.2) is 5.13 Å². The Labute approximate surface area is 155 Å². The van der Waals surface area contributed by atoms with Crippen molar-refractivity contribution in [2.75, 3.05) is 25.1 Å². The number of ether oxygens (including phenoxy) is 1. The summed E-state index contributed by atoms with van der Waals surface area (Å²) >= 11 is 1.70. The Hall–Kier alpha value is -2.61. The molecular formula is C18H21N5O2S. The van der Waals surface area contributed by atoms with Crippen molar-refractivity contribution in [3.05, 3.63) is 36.2 Å². The number of carbonyl (C=O) groups excluding carboxylic acids is 1. The molecule has 1 aliphatic rings. The topological polar surface area (TPSA) is 72.3 Å². The van der Waals surface area contributed by atoms with Gasteiger partial charge in [-0.1, -0.05) is 11.3 Å². The van der Waals surface area contributed by atoms with Crippen LogP contribution in [-0.2, 0) is 7.05 Å². The molecule has 1 aliphatic heterocycles. The Morgan fingerprint density at radius 2 is 2.15 bits per heavy atom. The summed E-state index contributed by atoms with van der Waals surface area (Å²) in [6, 6.07) is 6.17. The fraction of sp³-hybridized carbons (Fsp3) is 0.389. The third kappa shape index (κ3) is 3.37. The summed E-state index contributed by atoms with van der Waals surface area (Å²) in [6.45, 7) is 1.77. The highest BCUT2D eigenvalue weighted by Crippen LogP contribution is 2.32. The minimum Gasteiger partial charge on any atom is -0.497 e. The Kier molecular flexibility index (Phi) is 4.50. The van der Waals surface area contributed by atoms with E-state index < -0.39 is 0 Å². The first-order chi connectivity index (χ1) is 12.6. The highest BCUT2D eigenvalue weighted by atomic mass is 32.1. The summed E-state index contributed by atoms with van der Waals surface area (Å²) in [7, 11) is 3.47. The molecule has 0 saturated carbocycles. The number of rotatable bonds is 4. The summed E-state index contributed by atoms with van der Waals surface area (Å²) in [5.41, 5.74) is 1.58. The van der Waals surface area contributed by atoms with Gasteiger partial charge in [-0.15, -0.1) is 0 Å². The zero-order valence-corrected chi connectivity index (χ0v) is 15.6. The molecular weight excluding hydrogens is 350 g/mol. The van der Waals surface area contributed by atoms with Gasteiger partial charge in [0.1, 0.15) is 5.75 Å². The fourth-order valence-electron chi connectivity index (χ4n) is 3.18. The monoisotopic (exact) mass is 371 g/mol. The quantitative estimate of drug-likeness (QED) is 0.763. The molecule has 1 aromatic carbocycles. The predicted octanol–water partition coefficient (Wildman–Crippen LogP) is 2.44. The molecule has 7 nitrogen and oxygen atoms in total. The third-order valence-corrected chi connectivity index (χ3v) is 5.75. The summed E-state index contributed by atoms with van der Waals surface area (Å²) in [5, 5.41) is 8.19. The van der Waals surface area contributed by atoms with Gasteiger partial charge in [0, 0.05) is 38.4 Å². The van der Waals surface area contributed by atoms with E-state index in [4.69, 9.17) is 9.72 Å². The van der Waals surface area contributed by atoms with E-state index in [1.54, 1.807) is 35.5 Å². The second kappa shape index (κ2) is 6.95. The maximum absolute atomic E-state index is 12.3. The van der Waals surface area contributed by atoms with Crippen molar-refractivity contribution < 1.29 is 9.53 Å². The second-order valence-electron chi connectivity index (χ2n) is 6.47. The van der Waals surface area contributed by atoms with Crippen LogP contribution in [0.4, 0.5) is 5.13 Å². The molecule has 1 amide bonds. The van der Waals surface area contributed by atoms with Gasteiger partial charge in [-0.2, -0.15) is 5.10 Å². The molecule has 0 aliphatic carbocycles. The number of hydrogen-bond acceptors (Lipinski definition) is 6. The van der Waals surface area contributed by atoms with Crippen LogP contribution in [0.5, 0.6) is 5.75 Å². The second-order valence-corrected chi connectivity index (χ2v) is 7.48. The molecule has 3 aromatic rings. The number of thiazole rings is 1. The van der Waals surface area contributed by atoms with Gasteiger partial charge in [0.05, 0.1) is 29.1 Å². The molecule has 2 aromatic heterocycles. The van der Waals surface area contributed by atoms with Crippen molar-refractivity contribution in [1.82, 2.24) is 20.1 Å². The summed E-state index contributed by atoms with van der Waals surface area (Å²) in [5.74, 6) is 0.773. The van der Waals surface area contributed by atoms with Gasteiger partial charge in [-0.05, 0) is 25.0 Å². The van der Waals surface area contributed by atoms with Crippen molar-refractivity contribution in [2.45, 2.75) is 18.9 Å². The van der Waals surface area contributed by atoms with Crippen LogP contribution in [0.25, 0.3) is 10.2 Å². The summed E-state index contributed by atoms with van der Waals surface area (Å²) in [4.78, 5) is 19.3. The van der Waals surface area contributed by atoms with E-state index in [1.165, 1.54) is 0 Å². The van der Waals surface area contributed by atoms with Crippen molar-refractivity contribution in [3.8, 4) is 5.75 Å². The molecule has 0 bridgehead atoms. The maximum atomic E-state index is 12.3. The van der Waals surface area contributed by atoms with Crippen LogP contribution in [0, 0.1) is 0 Å². The molecule has 0 radical (unpaired) electrons. The third-order valence-electron chi connectivity index (χ3n) is 4.65. The van der Waals surface area contributed by atoms with Gasteiger partial charge >= 0.3 is 0 Å². The van der Waals surface area contributed by atoms with Crippen LogP contribution in [-0.4, -0.2) is 46.9 Å². The molecule has 0 unspecified atom stereocenters. The molecule has 1 saturated heterocycles. The Balaban J connectivity index is 1.38. The number of piperidine rings is 1. The zero-order valence-electron chi connectivity index (χ0n) is 14.8. The average Bonchev–Trinajstić information content (AvgIpc) is 3.27. The molecule has 3 heterocycles. The number of methoxy groups -OCH3 is 1. The maximum Gasteiger partial charge on any atom is 0.254 e. The van der Waals surface area contributed by atoms with E-state index in [0.29, 0.717) is 5.56 Å². The fourth-order valence-corrected chi connectivity index (χ4v) is 4.18. The van der Waals surface area contributed by atoms with Crippen LogP contribution >= 0.6 is 11.3 Å². The highest BCUT2D eigenvalue weighted by molar-refractivity contribution is 7.22. The van der Waals surface area contributed by atoms with E-state index in [9.17, 15) is 4.79 Å². The lowest BCUT2D eigenvalue weighted by atomic mass is 10.1. The lowest BCUT2D eigenvalue weighted by Crippen LogP contribution is -2.44. The van der Waals surface area contributed by atoms with Crippen LogP contribution in [0.15, 0.2) is 30.6 Å². The SMILES string of the molecule is COc1ccc2sc(N3CCC(NC(=O)c4cnn(C)c4)CC3)nc2c1. The lowest BCUT2D eigenvalue weighted by molar-refractivity contribution is 0.0931. The average molecular weight is 371 g/mol. The van der Waals surface area contributed by atoms with Crippen LogP contribution in [0.2, 0.25) is 0 Å². The Morgan fingerprint density at radius 3 is 2.85 bits per heavy atom. The number of nitrogens with zero attached hydrogens (tertiary/aromatic N) is 4. The number of aryl methyl sites for hydroxylation is 1.